The Morgan fingerprint density at radius 2 is 1.70 bits per heavy atom. The molecule has 2 atom stereocenters. The smallest absolute Gasteiger partial charge is 0.228 e. The first-order valence-electron chi connectivity index (χ1n) is 11.6. The summed E-state index contributed by atoms with van der Waals surface area (Å²) in [7, 11) is 0. The van der Waals surface area contributed by atoms with Crippen LogP contribution in [0.3, 0.4) is 0 Å². The van der Waals surface area contributed by atoms with Crippen LogP contribution in [0.25, 0.3) is 0 Å². The molecular weight excluding hydrogens is 400 g/mol. The highest BCUT2D eigenvalue weighted by atomic mass is 35.5. The van der Waals surface area contributed by atoms with Crippen LogP contribution >= 0.6 is 11.6 Å². The van der Waals surface area contributed by atoms with Gasteiger partial charge in [-0.05, 0) is 68.1 Å². The van der Waals surface area contributed by atoms with E-state index in [9.17, 15) is 4.79 Å². The maximum Gasteiger partial charge on any atom is 0.228 e. The van der Waals surface area contributed by atoms with E-state index >= 15 is 0 Å². The largest absolute Gasteiger partial charge is 0.486 e. The first-order chi connectivity index (χ1) is 14.5. The van der Waals surface area contributed by atoms with E-state index in [0.717, 1.165) is 76.3 Å². The predicted molar refractivity (Wildman–Crippen MR) is 115 cm³/mol. The van der Waals surface area contributed by atoms with E-state index in [4.69, 9.17) is 21.1 Å². The van der Waals surface area contributed by atoms with Crippen LogP contribution in [-0.2, 0) is 11.3 Å². The van der Waals surface area contributed by atoms with Crippen molar-refractivity contribution in [3.63, 3.8) is 0 Å². The lowest BCUT2D eigenvalue weighted by atomic mass is 9.49. The van der Waals surface area contributed by atoms with Gasteiger partial charge in [-0.2, -0.15) is 0 Å². The SMILES string of the molecule is O=C(N1CCN(Cc2ccc3c(c2)OCCO3)CC1)C12CC3CC(CC(Cl)(C3)C1)C2. The van der Waals surface area contributed by atoms with Crippen LogP contribution in [0.4, 0.5) is 0 Å². The average Bonchev–Trinajstić information content (AvgIpc) is 2.72. The first kappa shape index (κ1) is 19.2. The molecule has 1 saturated heterocycles. The summed E-state index contributed by atoms with van der Waals surface area (Å²) in [4.78, 5) is 18.1. The highest BCUT2D eigenvalue weighted by molar-refractivity contribution is 6.24. The van der Waals surface area contributed by atoms with Crippen LogP contribution < -0.4 is 9.47 Å². The van der Waals surface area contributed by atoms with Crippen LogP contribution in [0.2, 0.25) is 0 Å². The van der Waals surface area contributed by atoms with E-state index in [-0.39, 0.29) is 10.3 Å². The molecule has 4 aliphatic carbocycles. The lowest BCUT2D eigenvalue weighted by molar-refractivity contribution is -0.157. The topological polar surface area (TPSA) is 42.0 Å². The maximum absolute atomic E-state index is 13.6. The van der Waals surface area contributed by atoms with Gasteiger partial charge in [-0.15, -0.1) is 11.6 Å². The number of rotatable bonds is 3. The Kier molecular flexibility index (Phi) is 4.51. The van der Waals surface area contributed by atoms with Gasteiger partial charge in [0.25, 0.3) is 0 Å². The van der Waals surface area contributed by atoms with E-state index < -0.39 is 0 Å². The zero-order chi connectivity index (χ0) is 20.3. The van der Waals surface area contributed by atoms with Gasteiger partial charge in [-0.25, -0.2) is 0 Å². The number of nitrogens with zero attached hydrogens (tertiary/aromatic N) is 2. The third kappa shape index (κ3) is 3.29. The van der Waals surface area contributed by atoms with Crippen LogP contribution in [0.15, 0.2) is 18.2 Å². The molecule has 4 bridgehead atoms. The van der Waals surface area contributed by atoms with Gasteiger partial charge in [0, 0.05) is 37.6 Å². The van der Waals surface area contributed by atoms with Gasteiger partial charge in [0.05, 0.1) is 5.41 Å². The first-order valence-corrected chi connectivity index (χ1v) is 12.0. The number of fused-ring (bicyclic) bond motifs is 1. The van der Waals surface area contributed by atoms with Crippen molar-refractivity contribution in [1.82, 2.24) is 9.80 Å². The second-order valence-electron chi connectivity index (χ2n) is 10.4. The molecular formula is C24H31ClN2O3. The number of carbonyl (C=O) groups is 1. The average molecular weight is 431 g/mol. The van der Waals surface area contributed by atoms with Gasteiger partial charge in [0.2, 0.25) is 5.91 Å². The molecule has 0 radical (unpaired) electrons. The van der Waals surface area contributed by atoms with Gasteiger partial charge in [-0.3, -0.25) is 9.69 Å². The highest BCUT2D eigenvalue weighted by Gasteiger charge is 2.60. The van der Waals surface area contributed by atoms with Crippen molar-refractivity contribution in [2.75, 3.05) is 39.4 Å². The third-order valence-electron chi connectivity index (χ3n) is 8.12. The number of piperazine rings is 1. The minimum atomic E-state index is -0.163. The maximum atomic E-state index is 13.6. The molecule has 5 fully saturated rings. The lowest BCUT2D eigenvalue weighted by Crippen LogP contribution is -2.61. The minimum Gasteiger partial charge on any atom is -0.486 e. The molecule has 30 heavy (non-hydrogen) atoms. The summed E-state index contributed by atoms with van der Waals surface area (Å²) in [6, 6.07) is 6.24. The second kappa shape index (κ2) is 7.03. The van der Waals surface area contributed by atoms with Crippen LogP contribution in [0.5, 0.6) is 11.5 Å². The van der Waals surface area contributed by atoms with Crippen molar-refractivity contribution < 1.29 is 14.3 Å². The van der Waals surface area contributed by atoms with Gasteiger partial charge < -0.3 is 14.4 Å². The number of carbonyl (C=O) groups excluding carboxylic acids is 1. The Balaban J connectivity index is 1.09. The molecule has 4 saturated carbocycles. The molecule has 1 amide bonds. The zero-order valence-corrected chi connectivity index (χ0v) is 18.3. The zero-order valence-electron chi connectivity index (χ0n) is 17.6. The lowest BCUT2D eigenvalue weighted by Gasteiger charge is -2.60. The Morgan fingerprint density at radius 1 is 1.00 bits per heavy atom. The van der Waals surface area contributed by atoms with Crippen molar-refractivity contribution in [3.05, 3.63) is 23.8 Å². The Morgan fingerprint density at radius 3 is 2.40 bits per heavy atom. The van der Waals surface area contributed by atoms with Crippen LogP contribution in [-0.4, -0.2) is 60.0 Å². The van der Waals surface area contributed by atoms with Gasteiger partial charge in [-0.1, -0.05) is 6.07 Å². The van der Waals surface area contributed by atoms with E-state index in [1.807, 2.05) is 6.07 Å². The van der Waals surface area contributed by atoms with Crippen molar-refractivity contribution in [2.24, 2.45) is 17.3 Å². The van der Waals surface area contributed by atoms with Crippen molar-refractivity contribution in [2.45, 2.75) is 49.9 Å². The van der Waals surface area contributed by atoms with Crippen LogP contribution in [0.1, 0.15) is 44.1 Å². The number of hydrogen-bond donors (Lipinski definition) is 0. The Labute approximate surface area is 183 Å². The van der Waals surface area contributed by atoms with Crippen LogP contribution in [0, 0.1) is 17.3 Å². The molecule has 1 aromatic carbocycles. The fraction of sp³-hybridized carbons (Fsp3) is 0.708. The summed E-state index contributed by atoms with van der Waals surface area (Å²) in [5.74, 6) is 3.44. The molecule has 7 rings (SSSR count). The molecule has 162 valence electrons. The summed E-state index contributed by atoms with van der Waals surface area (Å²) in [6.07, 6.45) is 6.62. The Hall–Kier alpha value is -1.46. The molecule has 0 spiro atoms. The predicted octanol–water partition coefficient (Wildman–Crippen LogP) is 3.68. The second-order valence-corrected chi connectivity index (χ2v) is 11.2. The molecule has 0 N–H and O–H groups in total. The van der Waals surface area contributed by atoms with Gasteiger partial charge in [0.15, 0.2) is 11.5 Å². The third-order valence-corrected chi connectivity index (χ3v) is 8.56. The van der Waals surface area contributed by atoms with E-state index in [2.05, 4.69) is 21.9 Å². The number of amides is 1. The van der Waals surface area contributed by atoms with E-state index in [0.29, 0.717) is 31.0 Å². The minimum absolute atomic E-state index is 0.0974. The van der Waals surface area contributed by atoms with Crippen molar-refractivity contribution in [3.8, 4) is 11.5 Å². The summed E-state index contributed by atoms with van der Waals surface area (Å²) in [5, 5.41) is 0. The highest BCUT2D eigenvalue weighted by Crippen LogP contribution is 2.64. The molecule has 2 unspecified atom stereocenters. The summed E-state index contributed by atoms with van der Waals surface area (Å²) in [6.45, 7) is 5.63. The molecule has 6 heteroatoms. The number of halogens is 1. The van der Waals surface area contributed by atoms with Crippen molar-refractivity contribution >= 4 is 17.5 Å². The summed E-state index contributed by atoms with van der Waals surface area (Å²) < 4.78 is 11.3. The molecule has 2 aliphatic heterocycles. The molecule has 1 aromatic rings. The normalized spacial score (nSPS) is 37.4. The van der Waals surface area contributed by atoms with E-state index in [1.54, 1.807) is 0 Å². The molecule has 0 aromatic heterocycles. The van der Waals surface area contributed by atoms with Gasteiger partial charge >= 0.3 is 0 Å². The molecule has 5 nitrogen and oxygen atoms in total. The van der Waals surface area contributed by atoms with Gasteiger partial charge in [0.1, 0.15) is 13.2 Å². The summed E-state index contributed by atoms with van der Waals surface area (Å²) in [5.41, 5.74) is 1.08. The van der Waals surface area contributed by atoms with E-state index in [1.165, 1.54) is 12.0 Å². The summed E-state index contributed by atoms with van der Waals surface area (Å²) >= 11 is 6.97. The fourth-order valence-corrected chi connectivity index (χ4v) is 7.98. The number of ether oxygens (including phenoxy) is 2. The molecule has 2 heterocycles. The molecule has 6 aliphatic rings. The number of hydrogen-bond acceptors (Lipinski definition) is 4. The Bertz CT molecular complexity index is 837. The standard InChI is InChI=1S/C24H31ClN2O3/c25-24-13-18-9-19(14-24)12-23(11-18,16-24)22(28)27-5-3-26(4-6-27)15-17-1-2-20-21(10-17)30-8-7-29-20/h1-2,10,18-19H,3-9,11-16H2. The monoisotopic (exact) mass is 430 g/mol. The van der Waals surface area contributed by atoms with Crippen molar-refractivity contribution in [1.29, 1.82) is 0 Å². The number of benzene rings is 1. The number of alkyl halides is 1. The fourth-order valence-electron chi connectivity index (χ4n) is 7.29. The quantitative estimate of drug-likeness (QED) is 0.686.